The summed E-state index contributed by atoms with van der Waals surface area (Å²) < 4.78 is 22.7. The maximum atomic E-state index is 13.2. The molecule has 0 aromatic heterocycles. The molecule has 0 heterocycles. The second kappa shape index (κ2) is 51.5. The molecule has 0 aromatic carbocycles. The summed E-state index contributed by atoms with van der Waals surface area (Å²) in [6.45, 7) is 10.5. The van der Waals surface area contributed by atoms with E-state index in [9.17, 15) is 19.2 Å². The predicted molar refractivity (Wildman–Crippen MR) is 284 cm³/mol. The highest BCUT2D eigenvalue weighted by molar-refractivity contribution is 5.71. The fourth-order valence-electron chi connectivity index (χ4n) is 7.63. The summed E-state index contributed by atoms with van der Waals surface area (Å²) in [6, 6.07) is 0. The molecule has 0 saturated heterocycles. The molecule has 0 radical (unpaired) electrons. The molecule has 0 aliphatic carbocycles. The number of likely N-dealkylation sites (N-methyl/N-ethyl adjacent to an activating group) is 1. The van der Waals surface area contributed by atoms with E-state index in [0.29, 0.717) is 32.2 Å². The standard InChI is InChI=1S/C58H104N2O8/c1-6-10-13-16-19-21-23-25-27-29-31-33-35-38-41-46-55(61)65-51-54(52-66-56(62)47-42-39-36-34-32-30-28-26-24-22-20-17-14-11-7-2)67-57(63)48-43-45-53(44-40-37-18-15-12-8-3)68-58(64)59-49-50-60(5)9-4/h19-22,25-28,53-54H,6-18,23-24,29-52H2,1-5H3,(H,59,64)/b21-19-,22-20-,27-25-,28-26-. The molecule has 10 heteroatoms. The van der Waals surface area contributed by atoms with Gasteiger partial charge in [-0.25, -0.2) is 4.79 Å². The molecule has 1 unspecified atom stereocenters. The van der Waals surface area contributed by atoms with E-state index in [1.54, 1.807) is 0 Å². The van der Waals surface area contributed by atoms with Crippen molar-refractivity contribution in [2.75, 3.05) is 39.9 Å². The van der Waals surface area contributed by atoms with Gasteiger partial charge in [0.05, 0.1) is 0 Å². The first-order chi connectivity index (χ1) is 33.2. The van der Waals surface area contributed by atoms with Crippen LogP contribution in [0.3, 0.4) is 0 Å². The lowest BCUT2D eigenvalue weighted by atomic mass is 10.0. The van der Waals surface area contributed by atoms with Crippen molar-refractivity contribution in [2.45, 2.75) is 258 Å². The van der Waals surface area contributed by atoms with Gasteiger partial charge in [0.15, 0.2) is 6.10 Å². The number of hydrogen-bond donors (Lipinski definition) is 1. The van der Waals surface area contributed by atoms with E-state index in [1.165, 1.54) is 70.6 Å². The first-order valence-electron chi connectivity index (χ1n) is 28.0. The third-order valence-corrected chi connectivity index (χ3v) is 12.2. The van der Waals surface area contributed by atoms with Crippen molar-refractivity contribution in [3.05, 3.63) is 48.6 Å². The smallest absolute Gasteiger partial charge is 0.407 e. The van der Waals surface area contributed by atoms with Gasteiger partial charge in [0.25, 0.3) is 0 Å². The van der Waals surface area contributed by atoms with Gasteiger partial charge in [0.1, 0.15) is 19.3 Å². The zero-order chi connectivity index (χ0) is 49.8. The van der Waals surface area contributed by atoms with Crippen molar-refractivity contribution < 1.29 is 38.1 Å². The molecule has 0 spiro atoms. The number of amides is 1. The van der Waals surface area contributed by atoms with Crippen LogP contribution in [0.1, 0.15) is 246 Å². The van der Waals surface area contributed by atoms with Gasteiger partial charge in [-0.2, -0.15) is 0 Å². The Bertz CT molecular complexity index is 1230. The van der Waals surface area contributed by atoms with Crippen molar-refractivity contribution in [3.8, 4) is 0 Å². The Morgan fingerprint density at radius 3 is 1.32 bits per heavy atom. The molecule has 10 nitrogen and oxygen atoms in total. The van der Waals surface area contributed by atoms with Gasteiger partial charge in [0, 0.05) is 32.4 Å². The van der Waals surface area contributed by atoms with Crippen LogP contribution in [0.25, 0.3) is 0 Å². The van der Waals surface area contributed by atoms with Crippen molar-refractivity contribution in [1.29, 1.82) is 0 Å². The third kappa shape index (κ3) is 47.7. The summed E-state index contributed by atoms with van der Waals surface area (Å²) in [5.41, 5.74) is 0. The Labute approximate surface area is 417 Å². The number of carbonyl (C=O) groups is 4. The van der Waals surface area contributed by atoms with E-state index >= 15 is 0 Å². The number of unbranched alkanes of at least 4 members (excludes halogenated alkanes) is 21. The molecule has 0 saturated carbocycles. The highest BCUT2D eigenvalue weighted by Gasteiger charge is 2.21. The number of rotatable bonds is 49. The zero-order valence-electron chi connectivity index (χ0n) is 44.6. The minimum atomic E-state index is -0.896. The van der Waals surface area contributed by atoms with Crippen LogP contribution in [0, 0.1) is 0 Å². The van der Waals surface area contributed by atoms with Crippen LogP contribution in [0.15, 0.2) is 48.6 Å². The SMILES string of the molecule is CCCCC/C=C\C/C=C\CCCCCCCC(=O)OCC(COC(=O)CCCCCCC/C=C\C/C=C\CCCCC)OC(=O)CCCC(CCCCCCCC)OC(=O)NCCN(C)CC. The quantitative estimate of drug-likeness (QED) is 0.0275. The van der Waals surface area contributed by atoms with Gasteiger partial charge >= 0.3 is 24.0 Å². The Morgan fingerprint density at radius 2 is 0.838 bits per heavy atom. The molecule has 0 rings (SSSR count). The van der Waals surface area contributed by atoms with Gasteiger partial charge in [-0.3, -0.25) is 14.4 Å². The topological polar surface area (TPSA) is 120 Å². The zero-order valence-corrected chi connectivity index (χ0v) is 44.6. The normalized spacial score (nSPS) is 12.3. The van der Waals surface area contributed by atoms with Gasteiger partial charge in [-0.15, -0.1) is 0 Å². The molecule has 0 aromatic rings. The van der Waals surface area contributed by atoms with Gasteiger partial charge in [-0.05, 0) is 116 Å². The largest absolute Gasteiger partial charge is 0.462 e. The number of nitrogens with one attached hydrogen (secondary N) is 1. The fourth-order valence-corrected chi connectivity index (χ4v) is 7.63. The van der Waals surface area contributed by atoms with E-state index in [2.05, 4.69) is 86.5 Å². The third-order valence-electron chi connectivity index (χ3n) is 12.2. The number of hydrogen-bond acceptors (Lipinski definition) is 9. The average Bonchev–Trinajstić information content (AvgIpc) is 3.33. The molecule has 0 bridgehead atoms. The van der Waals surface area contributed by atoms with Gasteiger partial charge in [0.2, 0.25) is 0 Å². The first-order valence-corrected chi connectivity index (χ1v) is 28.0. The molecule has 0 aliphatic heterocycles. The molecule has 0 aliphatic rings. The molecule has 0 fully saturated rings. The molecule has 1 N–H and O–H groups in total. The van der Waals surface area contributed by atoms with Crippen molar-refractivity contribution in [2.24, 2.45) is 0 Å². The van der Waals surface area contributed by atoms with Crippen LogP contribution in [-0.2, 0) is 33.3 Å². The molecular weight excluding hydrogens is 853 g/mol. The van der Waals surface area contributed by atoms with E-state index in [0.717, 1.165) is 129 Å². The van der Waals surface area contributed by atoms with E-state index in [1.807, 2.05) is 7.05 Å². The molecule has 1 amide bonds. The van der Waals surface area contributed by atoms with Crippen LogP contribution >= 0.6 is 0 Å². The molecule has 394 valence electrons. The predicted octanol–water partition coefficient (Wildman–Crippen LogP) is 15.6. The lowest BCUT2D eigenvalue weighted by Crippen LogP contribution is -2.35. The summed E-state index contributed by atoms with van der Waals surface area (Å²) in [7, 11) is 2.00. The second-order valence-corrected chi connectivity index (χ2v) is 18.7. The summed E-state index contributed by atoms with van der Waals surface area (Å²) in [4.78, 5) is 53.4. The number of ether oxygens (including phenoxy) is 4. The lowest BCUT2D eigenvalue weighted by Gasteiger charge is -2.20. The highest BCUT2D eigenvalue weighted by atomic mass is 16.6. The minimum Gasteiger partial charge on any atom is -0.462 e. The average molecular weight is 957 g/mol. The van der Waals surface area contributed by atoms with Crippen molar-refractivity contribution in [1.82, 2.24) is 10.2 Å². The Hall–Kier alpha value is -3.40. The number of esters is 3. The van der Waals surface area contributed by atoms with Gasteiger partial charge in [-0.1, -0.05) is 173 Å². The van der Waals surface area contributed by atoms with Crippen LogP contribution in [0.2, 0.25) is 0 Å². The Kier molecular flexibility index (Phi) is 48.9. The maximum absolute atomic E-state index is 13.2. The minimum absolute atomic E-state index is 0.107. The van der Waals surface area contributed by atoms with Crippen molar-refractivity contribution >= 4 is 24.0 Å². The van der Waals surface area contributed by atoms with Crippen LogP contribution < -0.4 is 5.32 Å². The fraction of sp³-hybridized carbons (Fsp3) is 0.793. The lowest BCUT2D eigenvalue weighted by molar-refractivity contribution is -0.167. The maximum Gasteiger partial charge on any atom is 0.407 e. The number of nitrogens with zero attached hydrogens (tertiary/aromatic N) is 1. The number of alkyl carbamates (subject to hydrolysis) is 1. The summed E-state index contributed by atoms with van der Waals surface area (Å²) in [6.07, 6.45) is 49.9. The summed E-state index contributed by atoms with van der Waals surface area (Å²) >= 11 is 0. The molecule has 68 heavy (non-hydrogen) atoms. The molecular formula is C58H104N2O8. The van der Waals surface area contributed by atoms with Crippen LogP contribution in [-0.4, -0.2) is 81.0 Å². The number of allylic oxidation sites excluding steroid dienone is 8. The summed E-state index contributed by atoms with van der Waals surface area (Å²) in [5, 5.41) is 2.86. The van der Waals surface area contributed by atoms with Gasteiger partial charge < -0.3 is 29.2 Å². The van der Waals surface area contributed by atoms with Crippen LogP contribution in [0.5, 0.6) is 0 Å². The highest BCUT2D eigenvalue weighted by Crippen LogP contribution is 2.17. The first kappa shape index (κ1) is 64.6. The van der Waals surface area contributed by atoms with Crippen LogP contribution in [0.4, 0.5) is 4.79 Å². The Balaban J connectivity index is 4.95. The number of carbonyl (C=O) groups excluding carboxylic acids is 4. The van der Waals surface area contributed by atoms with E-state index in [-0.39, 0.29) is 37.7 Å². The summed E-state index contributed by atoms with van der Waals surface area (Å²) in [5.74, 6) is -1.15. The van der Waals surface area contributed by atoms with E-state index < -0.39 is 18.2 Å². The second-order valence-electron chi connectivity index (χ2n) is 18.7. The Morgan fingerprint density at radius 1 is 0.441 bits per heavy atom. The van der Waals surface area contributed by atoms with E-state index in [4.69, 9.17) is 18.9 Å². The monoisotopic (exact) mass is 957 g/mol. The van der Waals surface area contributed by atoms with Crippen molar-refractivity contribution in [3.63, 3.8) is 0 Å². The molecule has 1 atom stereocenters.